The number of carbonyl (C=O) groups excluding carboxylic acids is 4. The molecule has 0 unspecified atom stereocenters. The van der Waals surface area contributed by atoms with Crippen molar-refractivity contribution in [2.45, 2.75) is 90.0 Å². The lowest BCUT2D eigenvalue weighted by atomic mass is 9.92. The van der Waals surface area contributed by atoms with Gasteiger partial charge in [-0.25, -0.2) is 0 Å². The molecule has 0 bridgehead atoms. The number of nitrogens with zero attached hydrogens (tertiary/aromatic N) is 1. The smallest absolute Gasteiger partial charge is 0.193 e. The van der Waals surface area contributed by atoms with Gasteiger partial charge in [0.15, 0.2) is 23.1 Å². The molecule has 4 rings (SSSR count). The summed E-state index contributed by atoms with van der Waals surface area (Å²) in [5.74, 6) is -1.72. The molecule has 0 aliphatic carbocycles. The van der Waals surface area contributed by atoms with E-state index in [2.05, 4.69) is 0 Å². The van der Waals surface area contributed by atoms with E-state index in [0.717, 1.165) is 0 Å². The molecule has 60 heavy (non-hydrogen) atoms. The molecule has 0 fully saturated rings. The van der Waals surface area contributed by atoms with Crippen molar-refractivity contribution < 1.29 is 54.2 Å². The molecular weight excluding hydrogens is 767 g/mol. The standard InChI is InChI=1S/C48H59NO11/c1-45(2,55)41(51)35-17-9-31(10-18-35)39(32-11-19-36(20-12-32)42(52)46(3,4)56)59-29-26-49(25-28-50)27-30-60-40(33-13-21-37(22-14-33)43(53)47(5,6)57)34-15-23-38(24-16-34)44(54)48(7,8)58/h9-24,39-40,50,55-58H,25-30H2,1-8H3. The van der Waals surface area contributed by atoms with Gasteiger partial charge < -0.3 is 35.0 Å². The van der Waals surface area contributed by atoms with Gasteiger partial charge in [-0.3, -0.25) is 24.1 Å². The van der Waals surface area contributed by atoms with E-state index in [4.69, 9.17) is 9.47 Å². The Kier molecular flexibility index (Phi) is 15.8. The van der Waals surface area contributed by atoms with E-state index in [0.29, 0.717) is 64.1 Å². The quantitative estimate of drug-likeness (QED) is 0.0608. The first kappa shape index (κ1) is 47.9. The Balaban J connectivity index is 1.54. The molecule has 12 heteroatoms. The second kappa shape index (κ2) is 19.7. The highest BCUT2D eigenvalue weighted by molar-refractivity contribution is 6.03. The van der Waals surface area contributed by atoms with Crippen LogP contribution in [0.4, 0.5) is 0 Å². The summed E-state index contributed by atoms with van der Waals surface area (Å²) in [6, 6.07) is 27.0. The van der Waals surface area contributed by atoms with Crippen LogP contribution in [-0.4, -0.2) is 115 Å². The minimum absolute atomic E-state index is 0.131. The molecule has 4 aromatic carbocycles. The van der Waals surface area contributed by atoms with Crippen LogP contribution in [0.5, 0.6) is 0 Å². The summed E-state index contributed by atoms with van der Waals surface area (Å²) in [4.78, 5) is 52.9. The van der Waals surface area contributed by atoms with Crippen LogP contribution in [0.25, 0.3) is 0 Å². The summed E-state index contributed by atoms with van der Waals surface area (Å²) in [5.41, 5.74) is -2.00. The second-order valence-electron chi connectivity index (χ2n) is 17.1. The molecule has 0 atom stereocenters. The fourth-order valence-electron chi connectivity index (χ4n) is 6.50. The predicted octanol–water partition coefficient (Wildman–Crippen LogP) is 5.71. The van der Waals surface area contributed by atoms with Crippen molar-refractivity contribution in [1.29, 1.82) is 0 Å². The molecule has 0 spiro atoms. The number of rotatable bonds is 22. The SMILES string of the molecule is CC(C)(O)C(=O)c1ccc(C(OCCN(CCO)CCOC(c2ccc(C(=O)C(C)(C)O)cc2)c2ccc(C(=O)C(C)(C)O)cc2)c2ccc(C(=O)C(C)(C)O)cc2)cc1. The van der Waals surface area contributed by atoms with Crippen LogP contribution in [0.1, 0.15) is 131 Å². The monoisotopic (exact) mass is 825 g/mol. The Morgan fingerprint density at radius 3 is 0.833 bits per heavy atom. The van der Waals surface area contributed by atoms with E-state index in [9.17, 15) is 44.7 Å². The molecule has 322 valence electrons. The molecule has 0 aliphatic heterocycles. The number of ether oxygens (including phenoxy) is 2. The van der Waals surface area contributed by atoms with Crippen molar-refractivity contribution in [1.82, 2.24) is 4.90 Å². The van der Waals surface area contributed by atoms with Gasteiger partial charge >= 0.3 is 0 Å². The van der Waals surface area contributed by atoms with E-state index >= 15 is 0 Å². The molecule has 0 saturated carbocycles. The lowest BCUT2D eigenvalue weighted by molar-refractivity contribution is 0.0307. The summed E-state index contributed by atoms with van der Waals surface area (Å²) in [7, 11) is 0. The Morgan fingerprint density at radius 2 is 0.650 bits per heavy atom. The minimum atomic E-state index is -1.55. The normalized spacial score (nSPS) is 12.7. The average molecular weight is 826 g/mol. The third kappa shape index (κ3) is 12.9. The van der Waals surface area contributed by atoms with Crippen molar-refractivity contribution >= 4 is 23.1 Å². The van der Waals surface area contributed by atoms with Crippen LogP contribution >= 0.6 is 0 Å². The summed E-state index contributed by atoms with van der Waals surface area (Å²) >= 11 is 0. The molecule has 0 radical (unpaired) electrons. The van der Waals surface area contributed by atoms with Crippen LogP contribution in [0, 0.1) is 0 Å². The zero-order valence-corrected chi connectivity index (χ0v) is 35.8. The maximum absolute atomic E-state index is 12.7. The van der Waals surface area contributed by atoms with Gasteiger partial charge in [0.05, 0.1) is 19.8 Å². The van der Waals surface area contributed by atoms with Crippen molar-refractivity contribution in [2.24, 2.45) is 0 Å². The first-order valence-electron chi connectivity index (χ1n) is 20.0. The summed E-state index contributed by atoms with van der Waals surface area (Å²) in [6.07, 6.45) is -1.26. The number of benzene rings is 4. The highest BCUT2D eigenvalue weighted by Gasteiger charge is 2.29. The summed E-state index contributed by atoms with van der Waals surface area (Å²) < 4.78 is 13.0. The molecule has 0 aliphatic rings. The van der Waals surface area contributed by atoms with Crippen LogP contribution in [0.3, 0.4) is 0 Å². The van der Waals surface area contributed by atoms with Crippen molar-refractivity contribution in [3.05, 3.63) is 142 Å². The zero-order valence-electron chi connectivity index (χ0n) is 35.8. The lowest BCUT2D eigenvalue weighted by Crippen LogP contribution is -2.34. The van der Waals surface area contributed by atoms with Gasteiger partial charge in [-0.05, 0) is 77.6 Å². The van der Waals surface area contributed by atoms with Crippen molar-refractivity contribution in [3.8, 4) is 0 Å². The molecule has 0 amide bonds. The number of hydrogen-bond donors (Lipinski definition) is 5. The Morgan fingerprint density at radius 1 is 0.433 bits per heavy atom. The van der Waals surface area contributed by atoms with Crippen molar-refractivity contribution in [3.63, 3.8) is 0 Å². The molecule has 0 aromatic heterocycles. The van der Waals surface area contributed by atoms with Gasteiger partial charge in [0, 0.05) is 41.9 Å². The molecular formula is C48H59NO11. The van der Waals surface area contributed by atoms with Gasteiger partial charge in [-0.1, -0.05) is 97.1 Å². The number of carbonyl (C=O) groups is 4. The van der Waals surface area contributed by atoms with E-state index in [1.54, 1.807) is 97.1 Å². The largest absolute Gasteiger partial charge is 0.395 e. The van der Waals surface area contributed by atoms with E-state index in [1.165, 1.54) is 55.4 Å². The summed E-state index contributed by atoms with van der Waals surface area (Å²) in [6.45, 7) is 12.8. The molecule has 0 heterocycles. The van der Waals surface area contributed by atoms with Crippen LogP contribution in [-0.2, 0) is 9.47 Å². The number of aliphatic hydroxyl groups is 5. The van der Waals surface area contributed by atoms with Crippen LogP contribution in [0.2, 0.25) is 0 Å². The van der Waals surface area contributed by atoms with Crippen molar-refractivity contribution in [2.75, 3.05) is 39.5 Å². The number of ketones is 4. The molecule has 12 nitrogen and oxygen atoms in total. The Bertz CT molecular complexity index is 1780. The number of aliphatic hydroxyl groups excluding tert-OH is 1. The first-order valence-corrected chi connectivity index (χ1v) is 20.0. The van der Waals surface area contributed by atoms with Gasteiger partial charge in [-0.15, -0.1) is 0 Å². The van der Waals surface area contributed by atoms with Crippen LogP contribution < -0.4 is 0 Å². The van der Waals surface area contributed by atoms with Gasteiger partial charge in [0.25, 0.3) is 0 Å². The number of hydrogen-bond acceptors (Lipinski definition) is 12. The third-order valence-electron chi connectivity index (χ3n) is 9.93. The van der Waals surface area contributed by atoms with E-state index in [-0.39, 0.29) is 19.8 Å². The zero-order chi connectivity index (χ0) is 44.6. The first-order chi connectivity index (χ1) is 27.9. The number of Topliss-reactive ketones (excluding diaryl/α,β-unsaturated/α-hetero) is 4. The second-order valence-corrected chi connectivity index (χ2v) is 17.1. The maximum Gasteiger partial charge on any atom is 0.193 e. The maximum atomic E-state index is 12.7. The molecule has 4 aromatic rings. The van der Waals surface area contributed by atoms with Gasteiger partial charge in [0.1, 0.15) is 34.6 Å². The molecule has 0 saturated heterocycles. The van der Waals surface area contributed by atoms with Gasteiger partial charge in [-0.2, -0.15) is 0 Å². The van der Waals surface area contributed by atoms with E-state index in [1.807, 2.05) is 4.90 Å². The fraction of sp³-hybridized carbons (Fsp3) is 0.417. The topological polar surface area (TPSA) is 191 Å². The van der Waals surface area contributed by atoms with Gasteiger partial charge in [0.2, 0.25) is 0 Å². The Labute approximate surface area is 352 Å². The molecule has 5 N–H and O–H groups in total. The average Bonchev–Trinajstić information content (AvgIpc) is 3.19. The highest BCUT2D eigenvalue weighted by atomic mass is 16.5. The third-order valence-corrected chi connectivity index (χ3v) is 9.93. The summed E-state index contributed by atoms with van der Waals surface area (Å²) in [5, 5.41) is 51.0. The minimum Gasteiger partial charge on any atom is -0.395 e. The Hall–Kier alpha value is -4.76. The predicted molar refractivity (Wildman–Crippen MR) is 227 cm³/mol. The van der Waals surface area contributed by atoms with Crippen LogP contribution in [0.15, 0.2) is 97.1 Å². The fourth-order valence-corrected chi connectivity index (χ4v) is 6.50. The highest BCUT2D eigenvalue weighted by Crippen LogP contribution is 2.30. The van der Waals surface area contributed by atoms with E-state index < -0.39 is 57.7 Å². The lowest BCUT2D eigenvalue weighted by Gasteiger charge is -2.26.